The highest BCUT2D eigenvalue weighted by atomic mass is 35.5. The summed E-state index contributed by atoms with van der Waals surface area (Å²) in [6.45, 7) is 1.77. The third-order valence-electron chi connectivity index (χ3n) is 3.86. The largest absolute Gasteiger partial charge is 0.355 e. The van der Waals surface area contributed by atoms with Gasteiger partial charge in [0, 0.05) is 31.2 Å². The maximum absolute atomic E-state index is 10.7. The van der Waals surface area contributed by atoms with Gasteiger partial charge in [-0.1, -0.05) is 11.6 Å². The summed E-state index contributed by atoms with van der Waals surface area (Å²) in [6, 6.07) is 2.68. The molecule has 1 aliphatic heterocycles. The normalized spacial score (nSPS) is 20.1. The molecule has 108 valence electrons. The molecule has 1 N–H and O–H groups in total. The second-order valence-electron chi connectivity index (χ2n) is 5.46. The molecular formula is C13H17ClN4O2. The van der Waals surface area contributed by atoms with Crippen LogP contribution in [0.3, 0.4) is 0 Å². The molecule has 1 saturated carbocycles. The Morgan fingerprint density at radius 2 is 1.95 bits per heavy atom. The van der Waals surface area contributed by atoms with E-state index in [1.807, 2.05) is 0 Å². The van der Waals surface area contributed by atoms with Crippen LogP contribution in [0.4, 0.5) is 11.5 Å². The van der Waals surface area contributed by atoms with Crippen LogP contribution in [0, 0.1) is 10.1 Å². The fourth-order valence-corrected chi connectivity index (χ4v) is 2.87. The smallest absolute Gasteiger partial charge is 0.289 e. The number of pyridine rings is 1. The van der Waals surface area contributed by atoms with Gasteiger partial charge in [-0.25, -0.2) is 4.98 Å². The van der Waals surface area contributed by atoms with Gasteiger partial charge in [0.05, 0.1) is 9.95 Å². The molecule has 6 nitrogen and oxygen atoms in total. The predicted molar refractivity (Wildman–Crippen MR) is 77.3 cm³/mol. The van der Waals surface area contributed by atoms with Gasteiger partial charge in [0.25, 0.3) is 5.69 Å². The van der Waals surface area contributed by atoms with E-state index in [9.17, 15) is 10.1 Å². The minimum Gasteiger partial charge on any atom is -0.355 e. The molecule has 1 saturated heterocycles. The van der Waals surface area contributed by atoms with E-state index in [2.05, 4.69) is 15.2 Å². The van der Waals surface area contributed by atoms with Crippen molar-refractivity contribution in [1.82, 2.24) is 10.3 Å². The second-order valence-corrected chi connectivity index (χ2v) is 5.87. The van der Waals surface area contributed by atoms with Crippen molar-refractivity contribution >= 4 is 23.1 Å². The summed E-state index contributed by atoms with van der Waals surface area (Å²) < 4.78 is 0. The molecule has 0 spiro atoms. The second kappa shape index (κ2) is 5.54. The molecule has 1 aromatic rings. The number of aromatic nitrogens is 1. The van der Waals surface area contributed by atoms with Crippen molar-refractivity contribution in [1.29, 1.82) is 0 Å². The first-order chi connectivity index (χ1) is 9.63. The quantitative estimate of drug-likeness (QED) is 0.682. The molecule has 0 atom stereocenters. The van der Waals surface area contributed by atoms with E-state index < -0.39 is 4.92 Å². The Morgan fingerprint density at radius 1 is 1.30 bits per heavy atom. The molecule has 0 bridgehead atoms. The van der Waals surface area contributed by atoms with E-state index in [1.54, 1.807) is 0 Å². The number of nitrogens with one attached hydrogen (secondary N) is 1. The highest BCUT2D eigenvalue weighted by molar-refractivity contribution is 6.33. The Bertz CT molecular complexity index is 513. The van der Waals surface area contributed by atoms with Crippen LogP contribution in [0.2, 0.25) is 5.02 Å². The zero-order valence-electron chi connectivity index (χ0n) is 11.1. The first-order valence-corrected chi connectivity index (χ1v) is 7.32. The Labute approximate surface area is 122 Å². The first kappa shape index (κ1) is 13.6. The molecule has 3 rings (SSSR count). The van der Waals surface area contributed by atoms with E-state index in [1.165, 1.54) is 25.1 Å². The van der Waals surface area contributed by atoms with Crippen molar-refractivity contribution in [2.45, 2.75) is 37.8 Å². The van der Waals surface area contributed by atoms with E-state index in [0.717, 1.165) is 32.0 Å². The van der Waals surface area contributed by atoms with Gasteiger partial charge in [-0.15, -0.1) is 0 Å². The minimum absolute atomic E-state index is 0.0657. The van der Waals surface area contributed by atoms with Crippen LogP contribution in [-0.4, -0.2) is 35.1 Å². The molecule has 2 heterocycles. The van der Waals surface area contributed by atoms with Gasteiger partial charge in [-0.2, -0.15) is 0 Å². The molecule has 1 aromatic heterocycles. The van der Waals surface area contributed by atoms with Crippen LogP contribution in [-0.2, 0) is 0 Å². The maximum Gasteiger partial charge on any atom is 0.289 e. The van der Waals surface area contributed by atoms with Gasteiger partial charge >= 0.3 is 0 Å². The van der Waals surface area contributed by atoms with Gasteiger partial charge in [0.15, 0.2) is 0 Å². The maximum atomic E-state index is 10.7. The molecule has 2 fully saturated rings. The van der Waals surface area contributed by atoms with Gasteiger partial charge in [0.2, 0.25) is 0 Å². The number of hydrogen-bond donors (Lipinski definition) is 1. The summed E-state index contributed by atoms with van der Waals surface area (Å²) in [5.74, 6) is 0.655. The highest BCUT2D eigenvalue weighted by Gasteiger charge is 2.28. The fourth-order valence-electron chi connectivity index (χ4n) is 2.59. The van der Waals surface area contributed by atoms with Crippen LogP contribution in [0.25, 0.3) is 0 Å². The summed E-state index contributed by atoms with van der Waals surface area (Å²) in [4.78, 5) is 16.5. The molecule has 1 aliphatic carbocycles. The Morgan fingerprint density at radius 3 is 2.50 bits per heavy atom. The molecule has 2 aliphatic rings. The lowest BCUT2D eigenvalue weighted by molar-refractivity contribution is -0.385. The topological polar surface area (TPSA) is 71.3 Å². The highest BCUT2D eigenvalue weighted by Crippen LogP contribution is 2.29. The van der Waals surface area contributed by atoms with Crippen LogP contribution < -0.4 is 10.2 Å². The third kappa shape index (κ3) is 3.02. The van der Waals surface area contributed by atoms with Gasteiger partial charge in [-0.3, -0.25) is 10.1 Å². The predicted octanol–water partition coefficient (Wildman–Crippen LogP) is 2.36. The van der Waals surface area contributed by atoms with Gasteiger partial charge in [0.1, 0.15) is 12.0 Å². The number of piperidine rings is 1. The lowest BCUT2D eigenvalue weighted by atomic mass is 10.0. The first-order valence-electron chi connectivity index (χ1n) is 6.94. The Balaban J connectivity index is 1.63. The zero-order valence-corrected chi connectivity index (χ0v) is 11.8. The van der Waals surface area contributed by atoms with Crippen LogP contribution in [0.1, 0.15) is 25.7 Å². The standard InChI is InChI=1S/C13H17ClN4O2/c14-12-7-11(18(19)20)8-15-13(12)17-5-3-10(4-6-17)16-9-1-2-9/h7-10,16H,1-6H2. The molecule has 0 radical (unpaired) electrons. The van der Waals surface area contributed by atoms with Crippen LogP contribution >= 0.6 is 11.6 Å². The molecular weight excluding hydrogens is 280 g/mol. The van der Waals surface area contributed by atoms with Crippen LogP contribution in [0.15, 0.2) is 12.3 Å². The summed E-state index contributed by atoms with van der Waals surface area (Å²) in [5, 5.41) is 14.7. The van der Waals surface area contributed by atoms with E-state index in [0.29, 0.717) is 16.9 Å². The number of anilines is 1. The van der Waals surface area contributed by atoms with E-state index in [4.69, 9.17) is 11.6 Å². The summed E-state index contributed by atoms with van der Waals surface area (Å²) >= 11 is 6.11. The Hall–Kier alpha value is -1.40. The zero-order chi connectivity index (χ0) is 14.1. The SMILES string of the molecule is O=[N+]([O-])c1cnc(N2CCC(NC3CC3)CC2)c(Cl)c1. The fraction of sp³-hybridized carbons (Fsp3) is 0.615. The lowest BCUT2D eigenvalue weighted by Gasteiger charge is -2.33. The number of nitro groups is 1. The number of nitrogens with zero attached hydrogens (tertiary/aromatic N) is 3. The molecule has 0 aromatic carbocycles. The number of hydrogen-bond acceptors (Lipinski definition) is 5. The monoisotopic (exact) mass is 296 g/mol. The molecule has 0 unspecified atom stereocenters. The molecule has 20 heavy (non-hydrogen) atoms. The number of rotatable bonds is 4. The summed E-state index contributed by atoms with van der Waals surface area (Å²) in [7, 11) is 0. The minimum atomic E-state index is -0.478. The van der Waals surface area contributed by atoms with Gasteiger partial charge in [-0.05, 0) is 25.7 Å². The Kier molecular flexibility index (Phi) is 3.76. The molecule has 7 heteroatoms. The lowest BCUT2D eigenvalue weighted by Crippen LogP contribution is -2.43. The van der Waals surface area contributed by atoms with Crippen LogP contribution in [0.5, 0.6) is 0 Å². The summed E-state index contributed by atoms with van der Waals surface area (Å²) in [5.41, 5.74) is -0.0657. The van der Waals surface area contributed by atoms with Crippen molar-refractivity contribution in [3.8, 4) is 0 Å². The average Bonchev–Trinajstić information content (AvgIpc) is 3.24. The van der Waals surface area contributed by atoms with Gasteiger partial charge < -0.3 is 10.2 Å². The van der Waals surface area contributed by atoms with Crippen molar-refractivity contribution in [2.75, 3.05) is 18.0 Å². The van der Waals surface area contributed by atoms with Crippen molar-refractivity contribution in [3.05, 3.63) is 27.4 Å². The summed E-state index contributed by atoms with van der Waals surface area (Å²) in [6.07, 6.45) is 6.00. The van der Waals surface area contributed by atoms with Crippen molar-refractivity contribution in [2.24, 2.45) is 0 Å². The average molecular weight is 297 g/mol. The van der Waals surface area contributed by atoms with E-state index >= 15 is 0 Å². The molecule has 0 amide bonds. The third-order valence-corrected chi connectivity index (χ3v) is 4.14. The number of halogens is 1. The van der Waals surface area contributed by atoms with Crippen molar-refractivity contribution < 1.29 is 4.92 Å². The van der Waals surface area contributed by atoms with Crippen molar-refractivity contribution in [3.63, 3.8) is 0 Å². The van der Waals surface area contributed by atoms with E-state index in [-0.39, 0.29) is 5.69 Å².